The average molecular weight is 247 g/mol. The number of aliphatic hydroxyl groups is 1. The third kappa shape index (κ3) is 2.60. The van der Waals surface area contributed by atoms with Crippen molar-refractivity contribution >= 4 is 0 Å². The lowest BCUT2D eigenvalue weighted by Crippen LogP contribution is -2.49. The fourth-order valence-electron chi connectivity index (χ4n) is 3.28. The molecule has 2 heteroatoms. The number of benzene rings is 1. The average Bonchev–Trinajstić information content (AvgIpc) is 2.32. The van der Waals surface area contributed by atoms with Gasteiger partial charge in [0, 0.05) is 12.0 Å². The van der Waals surface area contributed by atoms with Crippen LogP contribution in [0.5, 0.6) is 0 Å². The van der Waals surface area contributed by atoms with Crippen LogP contribution in [-0.2, 0) is 5.41 Å². The minimum absolute atomic E-state index is 0.0740. The summed E-state index contributed by atoms with van der Waals surface area (Å²) in [5.41, 5.74) is 2.51. The quantitative estimate of drug-likeness (QED) is 0.888. The van der Waals surface area contributed by atoms with E-state index in [2.05, 4.69) is 50.2 Å². The second-order valence-electron chi connectivity index (χ2n) is 6.02. The zero-order valence-corrected chi connectivity index (χ0v) is 11.8. The summed E-state index contributed by atoms with van der Waals surface area (Å²) < 4.78 is 0. The largest absolute Gasteiger partial charge is 0.392 e. The monoisotopic (exact) mass is 247 g/mol. The molecule has 0 saturated heterocycles. The normalized spacial score (nSPS) is 28.6. The molecule has 0 heterocycles. The number of nitrogens with zero attached hydrogens (tertiary/aromatic N) is 1. The van der Waals surface area contributed by atoms with Gasteiger partial charge in [-0.05, 0) is 39.4 Å². The van der Waals surface area contributed by atoms with Gasteiger partial charge in [-0.25, -0.2) is 0 Å². The summed E-state index contributed by atoms with van der Waals surface area (Å²) in [7, 11) is 4.19. The van der Waals surface area contributed by atoms with Crippen LogP contribution in [0.4, 0.5) is 0 Å². The predicted octanol–water partition coefficient (Wildman–Crippen LogP) is 2.73. The Balaban J connectivity index is 2.37. The van der Waals surface area contributed by atoms with Gasteiger partial charge in [-0.3, -0.25) is 0 Å². The highest BCUT2D eigenvalue weighted by atomic mass is 16.3. The highest BCUT2D eigenvalue weighted by Crippen LogP contribution is 2.40. The van der Waals surface area contributed by atoms with Crippen molar-refractivity contribution in [3.8, 4) is 0 Å². The van der Waals surface area contributed by atoms with Crippen LogP contribution in [0.25, 0.3) is 0 Å². The van der Waals surface area contributed by atoms with Crippen molar-refractivity contribution in [1.29, 1.82) is 0 Å². The maximum absolute atomic E-state index is 10.6. The summed E-state index contributed by atoms with van der Waals surface area (Å²) in [4.78, 5) is 2.20. The van der Waals surface area contributed by atoms with Crippen molar-refractivity contribution < 1.29 is 5.11 Å². The highest BCUT2D eigenvalue weighted by molar-refractivity contribution is 5.31. The van der Waals surface area contributed by atoms with Gasteiger partial charge in [0.05, 0.1) is 6.10 Å². The van der Waals surface area contributed by atoms with Crippen molar-refractivity contribution in [1.82, 2.24) is 4.90 Å². The number of aliphatic hydroxyl groups excluding tert-OH is 1. The second kappa shape index (κ2) is 5.41. The third-order valence-electron chi connectivity index (χ3n) is 4.21. The molecule has 1 N–H and O–H groups in total. The van der Waals surface area contributed by atoms with Gasteiger partial charge in [0.25, 0.3) is 0 Å². The molecule has 18 heavy (non-hydrogen) atoms. The van der Waals surface area contributed by atoms with Crippen LogP contribution in [0.1, 0.15) is 36.8 Å². The van der Waals surface area contributed by atoms with E-state index in [0.29, 0.717) is 0 Å². The minimum Gasteiger partial charge on any atom is -0.392 e. The van der Waals surface area contributed by atoms with E-state index in [1.165, 1.54) is 17.5 Å². The standard InChI is InChI=1S/C16H25NO/c1-13-7-9-14(10-8-13)16(12-17(2)3)11-5-4-6-15(16)18/h7-10,15,18H,4-6,11-12H2,1-3H3/t15-,16+/m0/s1. The molecule has 0 aromatic heterocycles. The molecule has 1 aliphatic rings. The van der Waals surface area contributed by atoms with E-state index >= 15 is 0 Å². The van der Waals surface area contributed by atoms with E-state index in [0.717, 1.165) is 25.8 Å². The van der Waals surface area contributed by atoms with Crippen molar-refractivity contribution in [2.75, 3.05) is 20.6 Å². The Bertz CT molecular complexity index is 385. The minimum atomic E-state index is -0.212. The van der Waals surface area contributed by atoms with Gasteiger partial charge in [-0.2, -0.15) is 0 Å². The Hall–Kier alpha value is -0.860. The predicted molar refractivity (Wildman–Crippen MR) is 75.9 cm³/mol. The Morgan fingerprint density at radius 3 is 2.44 bits per heavy atom. The van der Waals surface area contributed by atoms with E-state index in [9.17, 15) is 5.11 Å². The van der Waals surface area contributed by atoms with Gasteiger partial charge in [0.2, 0.25) is 0 Å². The fourth-order valence-corrected chi connectivity index (χ4v) is 3.28. The Morgan fingerprint density at radius 2 is 1.89 bits per heavy atom. The molecular formula is C16H25NO. The van der Waals surface area contributed by atoms with Crippen LogP contribution in [0.3, 0.4) is 0 Å². The van der Waals surface area contributed by atoms with Crippen LogP contribution in [-0.4, -0.2) is 36.8 Å². The molecule has 100 valence electrons. The molecule has 1 aromatic rings. The van der Waals surface area contributed by atoms with E-state index in [1.807, 2.05) is 0 Å². The van der Waals surface area contributed by atoms with Gasteiger partial charge in [0.15, 0.2) is 0 Å². The first-order valence-corrected chi connectivity index (χ1v) is 6.94. The van der Waals surface area contributed by atoms with Crippen molar-refractivity contribution in [3.05, 3.63) is 35.4 Å². The Kier molecular flexibility index (Phi) is 4.08. The molecule has 2 rings (SSSR count). The molecule has 1 saturated carbocycles. The lowest BCUT2D eigenvalue weighted by Gasteiger charge is -2.44. The van der Waals surface area contributed by atoms with Gasteiger partial charge < -0.3 is 10.0 Å². The first-order chi connectivity index (χ1) is 8.54. The molecule has 0 bridgehead atoms. The maximum Gasteiger partial charge on any atom is 0.0649 e. The van der Waals surface area contributed by atoms with Crippen LogP contribution in [0.15, 0.2) is 24.3 Å². The van der Waals surface area contributed by atoms with Crippen molar-refractivity contribution in [3.63, 3.8) is 0 Å². The molecular weight excluding hydrogens is 222 g/mol. The number of hydrogen-bond donors (Lipinski definition) is 1. The maximum atomic E-state index is 10.6. The summed E-state index contributed by atoms with van der Waals surface area (Å²) in [6, 6.07) is 8.73. The number of aryl methyl sites for hydroxylation is 1. The van der Waals surface area contributed by atoms with Crippen molar-refractivity contribution in [2.24, 2.45) is 0 Å². The van der Waals surface area contributed by atoms with E-state index in [1.54, 1.807) is 0 Å². The van der Waals surface area contributed by atoms with Gasteiger partial charge in [-0.15, -0.1) is 0 Å². The summed E-state index contributed by atoms with van der Waals surface area (Å²) in [5.74, 6) is 0. The Morgan fingerprint density at radius 1 is 1.22 bits per heavy atom. The van der Waals surface area contributed by atoms with Crippen LogP contribution < -0.4 is 0 Å². The Labute approximate surface area is 111 Å². The van der Waals surface area contributed by atoms with Crippen molar-refractivity contribution in [2.45, 2.75) is 44.1 Å². The van der Waals surface area contributed by atoms with Gasteiger partial charge in [0.1, 0.15) is 0 Å². The first-order valence-electron chi connectivity index (χ1n) is 6.94. The molecule has 2 nitrogen and oxygen atoms in total. The van der Waals surface area contributed by atoms with Crippen LogP contribution in [0.2, 0.25) is 0 Å². The summed E-state index contributed by atoms with van der Waals surface area (Å²) >= 11 is 0. The molecule has 2 atom stereocenters. The lowest BCUT2D eigenvalue weighted by atomic mass is 9.67. The topological polar surface area (TPSA) is 23.5 Å². The fraction of sp³-hybridized carbons (Fsp3) is 0.625. The molecule has 0 radical (unpaired) electrons. The smallest absolute Gasteiger partial charge is 0.0649 e. The molecule has 1 aromatic carbocycles. The number of likely N-dealkylation sites (N-methyl/N-ethyl adjacent to an activating group) is 1. The molecule has 0 spiro atoms. The third-order valence-corrected chi connectivity index (χ3v) is 4.21. The van der Waals surface area contributed by atoms with Gasteiger partial charge in [-0.1, -0.05) is 42.7 Å². The molecule has 0 aliphatic heterocycles. The SMILES string of the molecule is Cc1ccc([C@]2(CN(C)C)CCCC[C@@H]2O)cc1. The van der Waals surface area contributed by atoms with E-state index in [4.69, 9.17) is 0 Å². The second-order valence-corrected chi connectivity index (χ2v) is 6.02. The number of rotatable bonds is 3. The summed E-state index contributed by atoms with van der Waals surface area (Å²) in [6.45, 7) is 3.04. The molecule has 0 amide bonds. The number of hydrogen-bond acceptors (Lipinski definition) is 2. The summed E-state index contributed by atoms with van der Waals surface area (Å²) in [5, 5.41) is 10.6. The highest BCUT2D eigenvalue weighted by Gasteiger charge is 2.41. The zero-order valence-electron chi connectivity index (χ0n) is 11.8. The van der Waals surface area contributed by atoms with E-state index in [-0.39, 0.29) is 11.5 Å². The zero-order chi connectivity index (χ0) is 13.2. The summed E-state index contributed by atoms with van der Waals surface area (Å²) in [6.07, 6.45) is 4.19. The van der Waals surface area contributed by atoms with Crippen LogP contribution >= 0.6 is 0 Å². The molecule has 1 aliphatic carbocycles. The molecule has 0 unspecified atom stereocenters. The lowest BCUT2D eigenvalue weighted by molar-refractivity contribution is 0.0264. The first kappa shape index (κ1) is 13.6. The van der Waals surface area contributed by atoms with E-state index < -0.39 is 0 Å². The van der Waals surface area contributed by atoms with Crippen LogP contribution in [0, 0.1) is 6.92 Å². The van der Waals surface area contributed by atoms with Gasteiger partial charge >= 0.3 is 0 Å². The molecule has 1 fully saturated rings.